The average Bonchev–Trinajstić information content (AvgIpc) is 2.48. The molecule has 0 radical (unpaired) electrons. The summed E-state index contributed by atoms with van der Waals surface area (Å²) in [6.07, 6.45) is 2.87. The average molecular weight is 340 g/mol. The number of nitrogens with zero attached hydrogens (tertiary/aromatic N) is 1. The Morgan fingerprint density at radius 3 is 2.77 bits per heavy atom. The zero-order chi connectivity index (χ0) is 15.9. The molecular weight excluding hydrogens is 320 g/mol. The Kier molecular flexibility index (Phi) is 4.22. The molecule has 1 aromatic rings. The molecule has 1 aromatic carbocycles. The summed E-state index contributed by atoms with van der Waals surface area (Å²) in [6, 6.07) is 5.05. The maximum absolute atomic E-state index is 12.8. The molecule has 7 heteroatoms. The minimum atomic E-state index is -3.50. The highest BCUT2D eigenvalue weighted by molar-refractivity contribution is 8.01. The number of benzene rings is 1. The van der Waals surface area contributed by atoms with Gasteiger partial charge in [0.15, 0.2) is 0 Å². The molecule has 5 nitrogen and oxygen atoms in total. The van der Waals surface area contributed by atoms with E-state index in [0.29, 0.717) is 12.2 Å². The summed E-state index contributed by atoms with van der Waals surface area (Å²) >= 11 is 1.45. The number of thioether (sulfide) groups is 1. The Morgan fingerprint density at radius 2 is 2.05 bits per heavy atom. The van der Waals surface area contributed by atoms with Gasteiger partial charge in [-0.25, -0.2) is 8.42 Å². The fraction of sp³-hybridized carbons (Fsp3) is 0.533. The Balaban J connectivity index is 1.95. The molecule has 2 aliphatic rings. The summed E-state index contributed by atoms with van der Waals surface area (Å²) in [5, 5.41) is 2.64. The summed E-state index contributed by atoms with van der Waals surface area (Å²) in [7, 11) is -3.50. The molecule has 0 aromatic heterocycles. The van der Waals surface area contributed by atoms with Crippen molar-refractivity contribution in [3.63, 3.8) is 0 Å². The van der Waals surface area contributed by atoms with E-state index < -0.39 is 10.0 Å². The number of nitrogens with one attached hydrogen (secondary N) is 1. The summed E-state index contributed by atoms with van der Waals surface area (Å²) < 4.78 is 27.3. The van der Waals surface area contributed by atoms with Gasteiger partial charge in [0.05, 0.1) is 15.8 Å². The van der Waals surface area contributed by atoms with Crippen molar-refractivity contribution in [3.8, 4) is 0 Å². The number of piperidine rings is 1. The van der Waals surface area contributed by atoms with Crippen LogP contribution in [0.25, 0.3) is 0 Å². The van der Waals surface area contributed by atoms with Crippen LogP contribution in [-0.2, 0) is 14.8 Å². The van der Waals surface area contributed by atoms with E-state index in [9.17, 15) is 13.2 Å². The molecule has 2 heterocycles. The predicted molar refractivity (Wildman–Crippen MR) is 87.6 cm³/mol. The highest BCUT2D eigenvalue weighted by Crippen LogP contribution is 2.37. The second-order valence-corrected chi connectivity index (χ2v) is 9.14. The molecule has 1 saturated heterocycles. The minimum Gasteiger partial charge on any atom is -0.324 e. The molecule has 0 aliphatic carbocycles. The number of fused-ring (bicyclic) bond motifs is 1. The molecule has 2 atom stereocenters. The normalized spacial score (nSPS) is 26.4. The van der Waals surface area contributed by atoms with Crippen LogP contribution in [-0.4, -0.2) is 36.5 Å². The highest BCUT2D eigenvalue weighted by atomic mass is 32.2. The Bertz CT molecular complexity index is 703. The van der Waals surface area contributed by atoms with Gasteiger partial charge in [-0.1, -0.05) is 6.42 Å². The van der Waals surface area contributed by atoms with Crippen LogP contribution in [0.2, 0.25) is 0 Å². The van der Waals surface area contributed by atoms with E-state index in [0.717, 1.165) is 24.2 Å². The van der Waals surface area contributed by atoms with Crippen molar-refractivity contribution in [2.75, 3.05) is 11.9 Å². The number of hydrogen-bond acceptors (Lipinski definition) is 4. The van der Waals surface area contributed by atoms with Crippen LogP contribution in [0.3, 0.4) is 0 Å². The molecule has 22 heavy (non-hydrogen) atoms. The van der Waals surface area contributed by atoms with Crippen molar-refractivity contribution in [1.82, 2.24) is 4.31 Å². The maximum Gasteiger partial charge on any atom is 0.243 e. The van der Waals surface area contributed by atoms with Gasteiger partial charge in [-0.3, -0.25) is 4.79 Å². The van der Waals surface area contributed by atoms with Crippen molar-refractivity contribution in [2.24, 2.45) is 0 Å². The predicted octanol–water partition coefficient (Wildman–Crippen LogP) is 2.68. The van der Waals surface area contributed by atoms with E-state index in [1.807, 2.05) is 13.8 Å². The van der Waals surface area contributed by atoms with Gasteiger partial charge in [0.2, 0.25) is 15.9 Å². The fourth-order valence-electron chi connectivity index (χ4n) is 2.91. The lowest BCUT2D eigenvalue weighted by atomic mass is 10.1. The summed E-state index contributed by atoms with van der Waals surface area (Å²) in [4.78, 5) is 13.0. The zero-order valence-corrected chi connectivity index (χ0v) is 14.3. The Morgan fingerprint density at radius 1 is 1.27 bits per heavy atom. The number of carbonyl (C=O) groups excluding carboxylic acids is 1. The molecule has 1 amide bonds. The SMILES string of the molecule is C[C@@H]1CCCCN1S(=O)(=O)c1ccc2c(c1)NC(=O)[C@@H](C)S2. The van der Waals surface area contributed by atoms with Gasteiger partial charge in [-0.15, -0.1) is 11.8 Å². The monoisotopic (exact) mass is 340 g/mol. The molecular formula is C15H20N2O3S2. The summed E-state index contributed by atoms with van der Waals surface area (Å²) in [5.74, 6) is -0.0848. The first kappa shape index (κ1) is 15.8. The number of anilines is 1. The largest absolute Gasteiger partial charge is 0.324 e. The van der Waals surface area contributed by atoms with Crippen molar-refractivity contribution in [3.05, 3.63) is 18.2 Å². The molecule has 1 N–H and O–H groups in total. The molecule has 120 valence electrons. The van der Waals surface area contributed by atoms with Crippen LogP contribution in [0.15, 0.2) is 28.0 Å². The third-order valence-electron chi connectivity index (χ3n) is 4.23. The summed E-state index contributed by atoms with van der Waals surface area (Å²) in [5.41, 5.74) is 0.596. The third kappa shape index (κ3) is 2.77. The van der Waals surface area contributed by atoms with Gasteiger partial charge in [-0.05, 0) is 44.9 Å². The number of sulfonamides is 1. The fourth-order valence-corrected chi connectivity index (χ4v) is 5.57. The Hall–Kier alpha value is -1.05. The Labute approximate surface area is 135 Å². The number of hydrogen-bond donors (Lipinski definition) is 1. The van der Waals surface area contributed by atoms with Crippen LogP contribution in [0.4, 0.5) is 5.69 Å². The van der Waals surface area contributed by atoms with E-state index in [-0.39, 0.29) is 22.1 Å². The molecule has 3 rings (SSSR count). The molecule has 2 aliphatic heterocycles. The lowest BCUT2D eigenvalue weighted by molar-refractivity contribution is -0.115. The quantitative estimate of drug-likeness (QED) is 0.899. The smallest absolute Gasteiger partial charge is 0.243 e. The number of rotatable bonds is 2. The van der Waals surface area contributed by atoms with Gasteiger partial charge in [0, 0.05) is 17.5 Å². The van der Waals surface area contributed by atoms with E-state index in [1.165, 1.54) is 11.8 Å². The van der Waals surface area contributed by atoms with Gasteiger partial charge < -0.3 is 5.32 Å². The third-order valence-corrected chi connectivity index (χ3v) is 7.42. The molecule has 0 unspecified atom stereocenters. The van der Waals surface area contributed by atoms with Crippen LogP contribution >= 0.6 is 11.8 Å². The van der Waals surface area contributed by atoms with E-state index in [4.69, 9.17) is 0 Å². The lowest BCUT2D eigenvalue weighted by Gasteiger charge is -2.32. The van der Waals surface area contributed by atoms with Gasteiger partial charge in [0.1, 0.15) is 0 Å². The van der Waals surface area contributed by atoms with Gasteiger partial charge in [-0.2, -0.15) is 4.31 Å². The topological polar surface area (TPSA) is 66.5 Å². The van der Waals surface area contributed by atoms with Gasteiger partial charge >= 0.3 is 0 Å². The molecule has 0 spiro atoms. The molecule has 0 bridgehead atoms. The first-order valence-electron chi connectivity index (χ1n) is 7.53. The van der Waals surface area contributed by atoms with Crippen LogP contribution in [0.5, 0.6) is 0 Å². The van der Waals surface area contributed by atoms with Crippen molar-refractivity contribution in [1.29, 1.82) is 0 Å². The van der Waals surface area contributed by atoms with E-state index in [2.05, 4.69) is 5.32 Å². The first-order valence-corrected chi connectivity index (χ1v) is 9.85. The van der Waals surface area contributed by atoms with Crippen molar-refractivity contribution < 1.29 is 13.2 Å². The van der Waals surface area contributed by atoms with Crippen LogP contribution in [0.1, 0.15) is 33.1 Å². The second-order valence-electron chi connectivity index (χ2n) is 5.87. The van der Waals surface area contributed by atoms with Crippen molar-refractivity contribution >= 4 is 33.4 Å². The highest BCUT2D eigenvalue weighted by Gasteiger charge is 2.32. The van der Waals surface area contributed by atoms with E-state index in [1.54, 1.807) is 22.5 Å². The first-order chi connectivity index (χ1) is 10.4. The van der Waals surface area contributed by atoms with Gasteiger partial charge in [0.25, 0.3) is 0 Å². The number of carbonyl (C=O) groups is 1. The van der Waals surface area contributed by atoms with E-state index >= 15 is 0 Å². The summed E-state index contributed by atoms with van der Waals surface area (Å²) in [6.45, 7) is 4.36. The maximum atomic E-state index is 12.8. The molecule has 1 fully saturated rings. The lowest BCUT2D eigenvalue weighted by Crippen LogP contribution is -2.42. The van der Waals surface area contributed by atoms with Crippen molar-refractivity contribution in [2.45, 2.75) is 54.2 Å². The second kappa shape index (κ2) is 5.86. The van der Waals surface area contributed by atoms with Crippen LogP contribution < -0.4 is 5.32 Å². The molecule has 0 saturated carbocycles. The van der Waals surface area contributed by atoms with Crippen LogP contribution in [0, 0.1) is 0 Å². The minimum absolute atomic E-state index is 0.0266. The standard InChI is InChI=1S/C15H20N2O3S2/c1-10-5-3-4-8-17(10)22(19,20)12-6-7-14-13(9-12)16-15(18)11(2)21-14/h6-7,9-11H,3-5,8H2,1-2H3,(H,16,18)/t10-,11-/m1/s1. The number of amides is 1. The zero-order valence-electron chi connectivity index (χ0n) is 12.7.